The second kappa shape index (κ2) is 9.16. The number of benzene rings is 2. The van der Waals surface area contributed by atoms with E-state index in [0.717, 1.165) is 5.56 Å². The van der Waals surface area contributed by atoms with Crippen LogP contribution in [-0.4, -0.2) is 23.8 Å². The molecule has 0 aliphatic heterocycles. The first kappa shape index (κ1) is 20.3. The van der Waals surface area contributed by atoms with Crippen LogP contribution in [0.4, 0.5) is 5.69 Å². The first-order valence-corrected chi connectivity index (χ1v) is 9.91. The molecule has 6 nitrogen and oxygen atoms in total. The number of amides is 3. The molecule has 0 fully saturated rings. The highest BCUT2D eigenvalue weighted by Gasteiger charge is 2.23. The Hall–Kier alpha value is -3.45. The van der Waals surface area contributed by atoms with E-state index in [1.54, 1.807) is 37.3 Å². The molecule has 0 aliphatic rings. The maximum atomic E-state index is 12.9. The van der Waals surface area contributed by atoms with Gasteiger partial charge in [0.2, 0.25) is 11.8 Å². The summed E-state index contributed by atoms with van der Waals surface area (Å²) in [7, 11) is 0. The molecule has 0 spiro atoms. The van der Waals surface area contributed by atoms with E-state index in [1.807, 2.05) is 35.7 Å². The Morgan fingerprint density at radius 2 is 1.79 bits per heavy atom. The van der Waals surface area contributed by atoms with Gasteiger partial charge >= 0.3 is 0 Å². The zero-order valence-electron chi connectivity index (χ0n) is 15.8. The number of nitrogens with two attached hydrogens (primary N) is 1. The molecule has 29 heavy (non-hydrogen) atoms. The molecule has 0 bridgehead atoms. The minimum Gasteiger partial charge on any atom is -0.366 e. The number of hydrogen-bond donors (Lipinski definition) is 3. The summed E-state index contributed by atoms with van der Waals surface area (Å²) in [4.78, 5) is 37.4. The molecule has 1 atom stereocenters. The molecular weight excluding hydrogens is 386 g/mol. The van der Waals surface area contributed by atoms with Crippen LogP contribution in [0.25, 0.3) is 0 Å². The second-order valence-electron chi connectivity index (χ2n) is 6.58. The fourth-order valence-electron chi connectivity index (χ4n) is 2.94. The average Bonchev–Trinajstić information content (AvgIpc) is 3.23. The molecule has 3 amide bonds. The van der Waals surface area contributed by atoms with Crippen LogP contribution >= 0.6 is 11.3 Å². The molecule has 7 heteroatoms. The molecule has 1 heterocycles. The van der Waals surface area contributed by atoms with Gasteiger partial charge in [-0.05, 0) is 47.7 Å². The lowest BCUT2D eigenvalue weighted by molar-refractivity contribution is -0.118. The molecule has 4 N–H and O–H groups in total. The average molecular weight is 407 g/mol. The van der Waals surface area contributed by atoms with Crippen molar-refractivity contribution >= 4 is 34.7 Å². The number of carbonyl (C=O) groups is 3. The Bertz CT molecular complexity index is 1020. The van der Waals surface area contributed by atoms with Gasteiger partial charge in [-0.3, -0.25) is 14.4 Å². The maximum absolute atomic E-state index is 12.9. The topological polar surface area (TPSA) is 101 Å². The highest BCUT2D eigenvalue weighted by atomic mass is 32.1. The predicted molar refractivity (Wildman–Crippen MR) is 114 cm³/mol. The lowest BCUT2D eigenvalue weighted by Crippen LogP contribution is -2.45. The van der Waals surface area contributed by atoms with E-state index in [0.29, 0.717) is 28.1 Å². The van der Waals surface area contributed by atoms with Crippen LogP contribution in [-0.2, 0) is 11.2 Å². The Kier molecular flexibility index (Phi) is 6.41. The van der Waals surface area contributed by atoms with Gasteiger partial charge in [0.1, 0.15) is 6.04 Å². The summed E-state index contributed by atoms with van der Waals surface area (Å²) in [5.41, 5.74) is 7.85. The van der Waals surface area contributed by atoms with Crippen LogP contribution in [0.3, 0.4) is 0 Å². The molecule has 0 aliphatic carbocycles. The number of thiophene rings is 1. The number of nitrogens with one attached hydrogen (secondary N) is 2. The van der Waals surface area contributed by atoms with Crippen molar-refractivity contribution in [3.8, 4) is 0 Å². The Labute approximate surface area is 172 Å². The highest BCUT2D eigenvalue weighted by molar-refractivity contribution is 7.12. The van der Waals surface area contributed by atoms with Crippen LogP contribution in [0.2, 0.25) is 0 Å². The van der Waals surface area contributed by atoms with Crippen molar-refractivity contribution in [1.82, 2.24) is 5.32 Å². The molecule has 3 rings (SSSR count). The number of carbonyl (C=O) groups excluding carboxylic acids is 3. The Balaban J connectivity index is 1.78. The standard InChI is InChI=1S/C22H21N3O3S/c1-14-12-16(9-10-17(14)20(23)26)24-21(27)18(13-15-6-3-2-4-7-15)25-22(28)19-8-5-11-29-19/h2-12,18H,13H2,1H3,(H2,23,26)(H,24,27)(H,25,28). The van der Waals surface area contributed by atoms with Crippen LogP contribution in [0, 0.1) is 6.92 Å². The Morgan fingerprint density at radius 1 is 1.03 bits per heavy atom. The molecule has 1 aromatic heterocycles. The maximum Gasteiger partial charge on any atom is 0.262 e. The van der Waals surface area contributed by atoms with Crippen molar-refractivity contribution in [1.29, 1.82) is 0 Å². The third-order valence-corrected chi connectivity index (χ3v) is 5.28. The van der Waals surface area contributed by atoms with Crippen LogP contribution in [0.1, 0.15) is 31.2 Å². The van der Waals surface area contributed by atoms with Gasteiger partial charge in [-0.1, -0.05) is 36.4 Å². The van der Waals surface area contributed by atoms with E-state index in [-0.39, 0.29) is 11.8 Å². The zero-order chi connectivity index (χ0) is 20.8. The van der Waals surface area contributed by atoms with Gasteiger partial charge < -0.3 is 16.4 Å². The number of primary amides is 1. The first-order valence-electron chi connectivity index (χ1n) is 9.03. The van der Waals surface area contributed by atoms with Gasteiger partial charge in [-0.15, -0.1) is 11.3 Å². The lowest BCUT2D eigenvalue weighted by atomic mass is 10.0. The van der Waals surface area contributed by atoms with Gasteiger partial charge in [-0.25, -0.2) is 0 Å². The molecule has 3 aromatic rings. The summed E-state index contributed by atoms with van der Waals surface area (Å²) < 4.78 is 0. The van der Waals surface area contributed by atoms with Gasteiger partial charge in [0, 0.05) is 17.7 Å². The largest absolute Gasteiger partial charge is 0.366 e. The van der Waals surface area contributed by atoms with E-state index in [2.05, 4.69) is 10.6 Å². The van der Waals surface area contributed by atoms with E-state index in [9.17, 15) is 14.4 Å². The van der Waals surface area contributed by atoms with Crippen LogP contribution < -0.4 is 16.4 Å². The van der Waals surface area contributed by atoms with Crippen molar-refractivity contribution in [2.24, 2.45) is 5.73 Å². The molecule has 0 radical (unpaired) electrons. The molecular formula is C22H21N3O3S. The smallest absolute Gasteiger partial charge is 0.262 e. The van der Waals surface area contributed by atoms with Crippen LogP contribution in [0.15, 0.2) is 66.0 Å². The highest BCUT2D eigenvalue weighted by Crippen LogP contribution is 2.16. The second-order valence-corrected chi connectivity index (χ2v) is 7.52. The third-order valence-electron chi connectivity index (χ3n) is 4.41. The summed E-state index contributed by atoms with van der Waals surface area (Å²) >= 11 is 1.31. The van der Waals surface area contributed by atoms with Crippen molar-refractivity contribution in [3.05, 3.63) is 87.6 Å². The molecule has 2 aromatic carbocycles. The quantitative estimate of drug-likeness (QED) is 0.561. The lowest BCUT2D eigenvalue weighted by Gasteiger charge is -2.19. The summed E-state index contributed by atoms with van der Waals surface area (Å²) in [6.45, 7) is 1.75. The van der Waals surface area contributed by atoms with Crippen molar-refractivity contribution in [3.63, 3.8) is 0 Å². The molecule has 1 unspecified atom stereocenters. The summed E-state index contributed by atoms with van der Waals surface area (Å²) in [5.74, 6) is -1.16. The van der Waals surface area contributed by atoms with Gasteiger partial charge in [0.05, 0.1) is 4.88 Å². The SMILES string of the molecule is Cc1cc(NC(=O)C(Cc2ccccc2)NC(=O)c2cccs2)ccc1C(N)=O. The van der Waals surface area contributed by atoms with E-state index in [4.69, 9.17) is 5.73 Å². The van der Waals surface area contributed by atoms with Crippen LogP contribution in [0.5, 0.6) is 0 Å². The number of rotatable bonds is 7. The summed E-state index contributed by atoms with van der Waals surface area (Å²) in [6.07, 6.45) is 0.349. The van der Waals surface area contributed by atoms with E-state index >= 15 is 0 Å². The van der Waals surface area contributed by atoms with Crippen molar-refractivity contribution in [2.45, 2.75) is 19.4 Å². The number of anilines is 1. The molecule has 148 valence electrons. The molecule has 0 saturated heterocycles. The first-order chi connectivity index (χ1) is 13.9. The normalized spacial score (nSPS) is 11.5. The Morgan fingerprint density at radius 3 is 2.41 bits per heavy atom. The fourth-order valence-corrected chi connectivity index (χ4v) is 3.57. The predicted octanol–water partition coefficient (Wildman–Crippen LogP) is 3.14. The number of aryl methyl sites for hydroxylation is 1. The summed E-state index contributed by atoms with van der Waals surface area (Å²) in [6, 6.07) is 17.1. The minimum absolute atomic E-state index is 0.295. The van der Waals surface area contributed by atoms with Gasteiger partial charge in [0.25, 0.3) is 5.91 Å². The third kappa shape index (κ3) is 5.30. The van der Waals surface area contributed by atoms with Gasteiger partial charge in [-0.2, -0.15) is 0 Å². The zero-order valence-corrected chi connectivity index (χ0v) is 16.7. The number of hydrogen-bond acceptors (Lipinski definition) is 4. The summed E-state index contributed by atoms with van der Waals surface area (Å²) in [5, 5.41) is 7.44. The fraction of sp³-hybridized carbons (Fsp3) is 0.136. The van der Waals surface area contributed by atoms with Crippen molar-refractivity contribution in [2.75, 3.05) is 5.32 Å². The monoisotopic (exact) mass is 407 g/mol. The molecule has 0 saturated carbocycles. The van der Waals surface area contributed by atoms with E-state index < -0.39 is 11.9 Å². The van der Waals surface area contributed by atoms with Crippen molar-refractivity contribution < 1.29 is 14.4 Å². The minimum atomic E-state index is -0.761. The van der Waals surface area contributed by atoms with Gasteiger partial charge in [0.15, 0.2) is 0 Å². The van der Waals surface area contributed by atoms with E-state index in [1.165, 1.54) is 11.3 Å².